The van der Waals surface area contributed by atoms with Gasteiger partial charge < -0.3 is 15.0 Å². The Bertz CT molecular complexity index is 1620. The van der Waals surface area contributed by atoms with Gasteiger partial charge in [0.1, 0.15) is 24.2 Å². The van der Waals surface area contributed by atoms with Crippen molar-refractivity contribution < 1.29 is 27.1 Å². The molecule has 8 nitrogen and oxygen atoms in total. The predicted octanol–water partition coefficient (Wildman–Crippen LogP) is 4.81. The molecule has 0 bridgehead atoms. The van der Waals surface area contributed by atoms with Crippen LogP contribution in [0.15, 0.2) is 114 Å². The SMILES string of the molecule is CCNC(=O)C(Cc1ccccc1)N(Cc1ccccc1F)C(=O)CN(c1ccccc1)S(=O)(=O)c1ccc(OC)cc1. The largest absolute Gasteiger partial charge is 0.497 e. The fourth-order valence-corrected chi connectivity index (χ4v) is 6.07. The number of methoxy groups -OCH3 is 1. The minimum Gasteiger partial charge on any atom is -0.497 e. The molecular weight excluding hydrogens is 569 g/mol. The van der Waals surface area contributed by atoms with Gasteiger partial charge >= 0.3 is 0 Å². The standard InChI is InChI=1S/C33H34FN3O5S/c1-3-35-33(39)31(22-25-12-6-4-7-13-25)36(23-26-14-10-11-17-30(26)34)32(38)24-37(27-15-8-5-9-16-27)43(40,41)29-20-18-28(42-2)19-21-29/h4-21,31H,3,22-24H2,1-2H3,(H,35,39). The number of benzene rings is 4. The molecule has 0 spiro atoms. The Balaban J connectivity index is 1.78. The van der Waals surface area contributed by atoms with Crippen LogP contribution in [0.5, 0.6) is 5.75 Å². The van der Waals surface area contributed by atoms with Crippen molar-refractivity contribution in [3.63, 3.8) is 0 Å². The molecule has 0 saturated carbocycles. The lowest BCUT2D eigenvalue weighted by Crippen LogP contribution is -2.53. The molecular formula is C33H34FN3O5S. The molecule has 0 aliphatic rings. The third-order valence-corrected chi connectivity index (χ3v) is 8.68. The van der Waals surface area contributed by atoms with Crippen LogP contribution in [0.4, 0.5) is 10.1 Å². The summed E-state index contributed by atoms with van der Waals surface area (Å²) in [5.74, 6) is -1.17. The summed E-state index contributed by atoms with van der Waals surface area (Å²) in [5.41, 5.74) is 1.24. The van der Waals surface area contributed by atoms with E-state index >= 15 is 0 Å². The summed E-state index contributed by atoms with van der Waals surface area (Å²) >= 11 is 0. The normalized spacial score (nSPS) is 11.8. The summed E-state index contributed by atoms with van der Waals surface area (Å²) in [5, 5.41) is 2.78. The van der Waals surface area contributed by atoms with Gasteiger partial charge in [0.15, 0.2) is 0 Å². The number of rotatable bonds is 13. The van der Waals surface area contributed by atoms with E-state index in [4.69, 9.17) is 4.74 Å². The number of sulfonamides is 1. The van der Waals surface area contributed by atoms with Gasteiger partial charge in [-0.2, -0.15) is 0 Å². The lowest BCUT2D eigenvalue weighted by Gasteiger charge is -2.33. The number of carbonyl (C=O) groups excluding carboxylic acids is 2. The van der Waals surface area contributed by atoms with Crippen molar-refractivity contribution in [2.24, 2.45) is 0 Å². The van der Waals surface area contributed by atoms with Crippen LogP contribution in [0.25, 0.3) is 0 Å². The maximum atomic E-state index is 14.9. The highest BCUT2D eigenvalue weighted by atomic mass is 32.2. The Kier molecular flexibility index (Phi) is 10.5. The van der Waals surface area contributed by atoms with Gasteiger partial charge in [0.05, 0.1) is 17.7 Å². The maximum Gasteiger partial charge on any atom is 0.264 e. The maximum absolute atomic E-state index is 14.9. The van der Waals surface area contributed by atoms with Gasteiger partial charge in [-0.25, -0.2) is 12.8 Å². The Labute approximate surface area is 251 Å². The molecule has 0 saturated heterocycles. The Morgan fingerprint density at radius 2 is 1.47 bits per heavy atom. The summed E-state index contributed by atoms with van der Waals surface area (Å²) < 4.78 is 49.0. The predicted molar refractivity (Wildman–Crippen MR) is 164 cm³/mol. The van der Waals surface area contributed by atoms with Crippen LogP contribution in [0.1, 0.15) is 18.1 Å². The van der Waals surface area contributed by atoms with Gasteiger partial charge in [-0.3, -0.25) is 13.9 Å². The molecule has 1 atom stereocenters. The molecule has 0 fully saturated rings. The first kappa shape index (κ1) is 31.2. The van der Waals surface area contributed by atoms with Gasteiger partial charge in [0.2, 0.25) is 11.8 Å². The molecule has 1 N–H and O–H groups in total. The highest BCUT2D eigenvalue weighted by Gasteiger charge is 2.34. The van der Waals surface area contributed by atoms with E-state index < -0.39 is 40.2 Å². The van der Waals surface area contributed by atoms with Gasteiger partial charge in [0.25, 0.3) is 10.0 Å². The number of hydrogen-bond acceptors (Lipinski definition) is 5. The van der Waals surface area contributed by atoms with E-state index in [1.165, 1.54) is 54.5 Å². The van der Waals surface area contributed by atoms with Crippen LogP contribution in [-0.2, 0) is 32.6 Å². The van der Waals surface area contributed by atoms with E-state index in [-0.39, 0.29) is 29.1 Å². The van der Waals surface area contributed by atoms with Gasteiger partial charge in [-0.05, 0) is 55.0 Å². The van der Waals surface area contributed by atoms with Crippen molar-refractivity contribution in [1.29, 1.82) is 0 Å². The highest BCUT2D eigenvalue weighted by molar-refractivity contribution is 7.92. The number of nitrogens with zero attached hydrogens (tertiary/aromatic N) is 2. The molecule has 0 aromatic heterocycles. The fraction of sp³-hybridized carbons (Fsp3) is 0.212. The first-order valence-corrected chi connectivity index (χ1v) is 15.2. The van der Waals surface area contributed by atoms with E-state index in [9.17, 15) is 22.4 Å². The number of likely N-dealkylation sites (N-methyl/N-ethyl adjacent to an activating group) is 1. The van der Waals surface area contributed by atoms with E-state index in [1.54, 1.807) is 43.3 Å². The number of para-hydroxylation sites is 1. The fourth-order valence-electron chi connectivity index (χ4n) is 4.65. The second-order valence-electron chi connectivity index (χ2n) is 9.74. The molecule has 0 aliphatic heterocycles. The quantitative estimate of drug-likeness (QED) is 0.237. The Morgan fingerprint density at radius 1 is 0.860 bits per heavy atom. The number of anilines is 1. The van der Waals surface area contributed by atoms with E-state index in [2.05, 4.69) is 5.32 Å². The summed E-state index contributed by atoms with van der Waals surface area (Å²) in [7, 11) is -2.77. The van der Waals surface area contributed by atoms with Crippen molar-refractivity contribution in [2.45, 2.75) is 30.8 Å². The molecule has 0 radical (unpaired) electrons. The molecule has 0 heterocycles. The van der Waals surface area contributed by atoms with Crippen LogP contribution < -0.4 is 14.4 Å². The molecule has 4 rings (SSSR count). The number of halogens is 1. The van der Waals surface area contributed by atoms with Crippen LogP contribution >= 0.6 is 0 Å². The second kappa shape index (κ2) is 14.5. The Hall–Kier alpha value is -4.70. The third kappa shape index (κ3) is 7.78. The highest BCUT2D eigenvalue weighted by Crippen LogP contribution is 2.26. The first-order chi connectivity index (χ1) is 20.7. The smallest absolute Gasteiger partial charge is 0.264 e. The molecule has 224 valence electrons. The molecule has 0 aliphatic carbocycles. The molecule has 1 unspecified atom stereocenters. The number of ether oxygens (including phenoxy) is 1. The third-order valence-electron chi connectivity index (χ3n) is 6.89. The second-order valence-corrected chi connectivity index (χ2v) is 11.6. The zero-order chi connectivity index (χ0) is 30.8. The van der Waals surface area contributed by atoms with Crippen molar-refractivity contribution >= 4 is 27.5 Å². The minimum absolute atomic E-state index is 0.0461. The zero-order valence-electron chi connectivity index (χ0n) is 24.0. The molecule has 4 aromatic carbocycles. The number of carbonyl (C=O) groups is 2. The number of amides is 2. The zero-order valence-corrected chi connectivity index (χ0v) is 24.8. The van der Waals surface area contributed by atoms with Crippen LogP contribution in [0.3, 0.4) is 0 Å². The van der Waals surface area contributed by atoms with E-state index in [0.29, 0.717) is 12.3 Å². The van der Waals surface area contributed by atoms with Crippen LogP contribution in [-0.4, -0.2) is 51.4 Å². The average molecular weight is 604 g/mol. The summed E-state index contributed by atoms with van der Waals surface area (Å²) in [4.78, 5) is 28.9. The lowest BCUT2D eigenvalue weighted by atomic mass is 10.0. The topological polar surface area (TPSA) is 96.0 Å². The molecule has 43 heavy (non-hydrogen) atoms. The first-order valence-electron chi connectivity index (χ1n) is 13.8. The number of nitrogens with one attached hydrogen (secondary N) is 1. The van der Waals surface area contributed by atoms with Gasteiger partial charge in [-0.1, -0.05) is 66.7 Å². The Morgan fingerprint density at radius 3 is 2.07 bits per heavy atom. The molecule has 4 aromatic rings. The summed E-state index contributed by atoms with van der Waals surface area (Å²) in [6.07, 6.45) is 0.142. The van der Waals surface area contributed by atoms with Crippen molar-refractivity contribution in [2.75, 3.05) is 24.5 Å². The minimum atomic E-state index is -4.25. The van der Waals surface area contributed by atoms with Gasteiger partial charge in [0, 0.05) is 25.1 Å². The monoisotopic (exact) mass is 603 g/mol. The summed E-state index contributed by atoms with van der Waals surface area (Å²) in [6, 6.07) is 28.2. The van der Waals surface area contributed by atoms with Gasteiger partial charge in [-0.15, -0.1) is 0 Å². The van der Waals surface area contributed by atoms with E-state index in [0.717, 1.165) is 9.87 Å². The van der Waals surface area contributed by atoms with E-state index in [1.807, 2.05) is 30.3 Å². The average Bonchev–Trinajstić information content (AvgIpc) is 3.03. The van der Waals surface area contributed by atoms with Crippen LogP contribution in [0, 0.1) is 5.82 Å². The van der Waals surface area contributed by atoms with Crippen molar-refractivity contribution in [1.82, 2.24) is 10.2 Å². The van der Waals surface area contributed by atoms with Crippen molar-refractivity contribution in [3.8, 4) is 5.75 Å². The van der Waals surface area contributed by atoms with Crippen LogP contribution in [0.2, 0.25) is 0 Å². The summed E-state index contributed by atoms with van der Waals surface area (Å²) in [6.45, 7) is 1.20. The lowest BCUT2D eigenvalue weighted by molar-refractivity contribution is -0.140. The molecule has 2 amide bonds. The molecule has 10 heteroatoms. The number of hydrogen-bond donors (Lipinski definition) is 1. The van der Waals surface area contributed by atoms with Crippen molar-refractivity contribution in [3.05, 3.63) is 126 Å².